The van der Waals surface area contributed by atoms with E-state index < -0.39 is 17.8 Å². The molecule has 0 bridgehead atoms. The van der Waals surface area contributed by atoms with Crippen molar-refractivity contribution in [1.82, 2.24) is 24.3 Å². The second-order valence-corrected chi connectivity index (χ2v) is 7.94. The van der Waals surface area contributed by atoms with Gasteiger partial charge in [0.1, 0.15) is 11.3 Å². The van der Waals surface area contributed by atoms with Crippen LogP contribution >= 0.6 is 0 Å². The molecule has 3 heterocycles. The summed E-state index contributed by atoms with van der Waals surface area (Å²) in [6.45, 7) is 1.78. The largest absolute Gasteiger partial charge is 0.417 e. The number of rotatable bonds is 4. The summed E-state index contributed by atoms with van der Waals surface area (Å²) >= 11 is 0. The summed E-state index contributed by atoms with van der Waals surface area (Å²) < 4.78 is 40.4. The van der Waals surface area contributed by atoms with Gasteiger partial charge in [-0.1, -0.05) is 0 Å². The van der Waals surface area contributed by atoms with E-state index in [0.717, 1.165) is 25.1 Å². The van der Waals surface area contributed by atoms with Crippen LogP contribution in [0, 0.1) is 0 Å². The molecule has 0 unspecified atom stereocenters. The molecule has 1 amide bonds. The predicted molar refractivity (Wildman–Crippen MR) is 112 cm³/mol. The highest BCUT2D eigenvalue weighted by Gasteiger charge is 2.38. The minimum atomic E-state index is -4.46. The van der Waals surface area contributed by atoms with Crippen LogP contribution in [0.1, 0.15) is 47.4 Å². The molecule has 7 nitrogen and oxygen atoms in total. The molecule has 5 rings (SSSR count). The van der Waals surface area contributed by atoms with Crippen LogP contribution in [0.3, 0.4) is 0 Å². The Morgan fingerprint density at radius 1 is 1.19 bits per heavy atom. The zero-order chi connectivity index (χ0) is 22.6. The van der Waals surface area contributed by atoms with Gasteiger partial charge in [-0.3, -0.25) is 14.2 Å². The number of aromatic nitrogens is 4. The molecule has 0 aliphatic heterocycles. The van der Waals surface area contributed by atoms with Crippen molar-refractivity contribution < 1.29 is 18.0 Å². The first-order valence-electron chi connectivity index (χ1n) is 10.1. The molecule has 0 saturated heterocycles. The molecule has 0 radical (unpaired) electrons. The highest BCUT2D eigenvalue weighted by atomic mass is 19.4. The molecular weight excluding hydrogens is 421 g/mol. The van der Waals surface area contributed by atoms with E-state index in [2.05, 4.69) is 15.0 Å². The lowest BCUT2D eigenvalue weighted by molar-refractivity contribution is -0.137. The SMILES string of the molecule is C[C@H](c1ccc(C(F)(F)F)cn1)N(C(=O)c1ccc2nc(N)c3cncn3c2c1)C1CC1. The van der Waals surface area contributed by atoms with E-state index in [9.17, 15) is 18.0 Å². The van der Waals surface area contributed by atoms with Crippen molar-refractivity contribution in [3.8, 4) is 0 Å². The normalized spacial score (nSPS) is 15.2. The van der Waals surface area contributed by atoms with Crippen LogP contribution in [0.5, 0.6) is 0 Å². The quantitative estimate of drug-likeness (QED) is 0.513. The van der Waals surface area contributed by atoms with E-state index >= 15 is 0 Å². The summed E-state index contributed by atoms with van der Waals surface area (Å²) in [5.41, 5.74) is 7.97. The molecule has 3 aromatic heterocycles. The zero-order valence-electron chi connectivity index (χ0n) is 17.0. The van der Waals surface area contributed by atoms with Crippen LogP contribution in [0.25, 0.3) is 16.6 Å². The van der Waals surface area contributed by atoms with Gasteiger partial charge in [0.25, 0.3) is 5.91 Å². The van der Waals surface area contributed by atoms with E-state index in [1.165, 1.54) is 6.07 Å². The lowest BCUT2D eigenvalue weighted by Crippen LogP contribution is -2.36. The molecule has 2 N–H and O–H groups in total. The van der Waals surface area contributed by atoms with Gasteiger partial charge in [-0.2, -0.15) is 13.2 Å². The molecule has 164 valence electrons. The van der Waals surface area contributed by atoms with Crippen LogP contribution in [-0.4, -0.2) is 36.2 Å². The molecule has 1 atom stereocenters. The second-order valence-electron chi connectivity index (χ2n) is 7.94. The van der Waals surface area contributed by atoms with Gasteiger partial charge in [-0.15, -0.1) is 0 Å². The Morgan fingerprint density at radius 3 is 2.62 bits per heavy atom. The van der Waals surface area contributed by atoms with Crippen molar-refractivity contribution in [1.29, 1.82) is 0 Å². The van der Waals surface area contributed by atoms with Gasteiger partial charge >= 0.3 is 6.18 Å². The van der Waals surface area contributed by atoms with Gasteiger partial charge in [0.15, 0.2) is 0 Å². The third-order valence-corrected chi connectivity index (χ3v) is 5.76. The average Bonchev–Trinajstić information content (AvgIpc) is 3.46. The number of nitrogen functional groups attached to an aromatic ring is 1. The number of carbonyl (C=O) groups is 1. The van der Waals surface area contributed by atoms with Gasteiger partial charge in [0, 0.05) is 17.8 Å². The molecule has 1 aliphatic rings. The number of amides is 1. The first-order chi connectivity index (χ1) is 15.2. The Morgan fingerprint density at radius 2 is 1.97 bits per heavy atom. The van der Waals surface area contributed by atoms with E-state index in [-0.39, 0.29) is 11.9 Å². The maximum atomic E-state index is 13.5. The van der Waals surface area contributed by atoms with Crippen molar-refractivity contribution in [3.05, 3.63) is 65.9 Å². The van der Waals surface area contributed by atoms with Crippen LogP contribution in [0.15, 0.2) is 49.1 Å². The van der Waals surface area contributed by atoms with Gasteiger partial charge in [0.05, 0.1) is 40.9 Å². The molecule has 32 heavy (non-hydrogen) atoms. The minimum absolute atomic E-state index is 0.0232. The topological polar surface area (TPSA) is 89.4 Å². The van der Waals surface area contributed by atoms with Gasteiger partial charge < -0.3 is 10.6 Å². The molecule has 0 spiro atoms. The highest BCUT2D eigenvalue weighted by Crippen LogP contribution is 2.36. The van der Waals surface area contributed by atoms with Gasteiger partial charge in [0.2, 0.25) is 0 Å². The van der Waals surface area contributed by atoms with E-state index in [0.29, 0.717) is 33.6 Å². The van der Waals surface area contributed by atoms with E-state index in [1.54, 1.807) is 46.9 Å². The maximum Gasteiger partial charge on any atom is 0.417 e. The van der Waals surface area contributed by atoms with Crippen LogP contribution in [0.4, 0.5) is 19.0 Å². The summed E-state index contributed by atoms with van der Waals surface area (Å²) in [4.78, 5) is 27.7. The number of hydrogen-bond acceptors (Lipinski definition) is 5. The monoisotopic (exact) mass is 440 g/mol. The van der Waals surface area contributed by atoms with Crippen LogP contribution in [-0.2, 0) is 6.18 Å². The fourth-order valence-corrected chi connectivity index (χ4v) is 3.93. The number of imidazole rings is 1. The predicted octanol–water partition coefficient (Wildman–Crippen LogP) is 4.24. The Kier molecular flexibility index (Phi) is 4.54. The number of fused-ring (bicyclic) bond motifs is 3. The summed E-state index contributed by atoms with van der Waals surface area (Å²) in [5, 5.41) is 0. The summed E-state index contributed by atoms with van der Waals surface area (Å²) in [6.07, 6.45) is 1.25. The van der Waals surface area contributed by atoms with Crippen LogP contribution in [0.2, 0.25) is 0 Å². The molecule has 4 aromatic rings. The van der Waals surface area contributed by atoms with Crippen molar-refractivity contribution in [2.75, 3.05) is 5.73 Å². The van der Waals surface area contributed by atoms with Crippen molar-refractivity contribution in [3.63, 3.8) is 0 Å². The minimum Gasteiger partial charge on any atom is -0.382 e. The van der Waals surface area contributed by atoms with E-state index in [4.69, 9.17) is 5.73 Å². The molecule has 1 fully saturated rings. The number of pyridine rings is 1. The number of halogens is 3. The first kappa shape index (κ1) is 20.2. The van der Waals surface area contributed by atoms with Crippen molar-refractivity contribution >= 4 is 28.3 Å². The van der Waals surface area contributed by atoms with Crippen LogP contribution < -0.4 is 5.73 Å². The maximum absolute atomic E-state index is 13.5. The lowest BCUT2D eigenvalue weighted by atomic mass is 10.1. The number of benzene rings is 1. The molecule has 1 aliphatic carbocycles. The van der Waals surface area contributed by atoms with E-state index in [1.807, 2.05) is 0 Å². The Balaban J connectivity index is 1.51. The number of anilines is 1. The van der Waals surface area contributed by atoms with Crippen molar-refractivity contribution in [2.24, 2.45) is 0 Å². The average molecular weight is 440 g/mol. The first-order valence-corrected chi connectivity index (χ1v) is 10.1. The van der Waals surface area contributed by atoms with Gasteiger partial charge in [-0.05, 0) is 50.1 Å². The summed E-state index contributed by atoms with van der Waals surface area (Å²) in [7, 11) is 0. The number of carbonyl (C=O) groups excluding carboxylic acids is 1. The number of hydrogen-bond donors (Lipinski definition) is 1. The fourth-order valence-electron chi connectivity index (χ4n) is 3.93. The molecule has 1 aromatic carbocycles. The molecule has 10 heteroatoms. The lowest BCUT2D eigenvalue weighted by Gasteiger charge is -2.29. The standard InChI is InChI=1S/C22H19F3N6O/c1-12(16-7-3-14(9-28-16)22(23,24)25)31(15-4-5-15)21(32)13-2-6-17-18(8-13)30-11-27-10-19(30)20(26)29-17/h2-3,6-12,15H,4-5H2,1H3,(H2,26,29)/t12-/m1/s1. The zero-order valence-corrected chi connectivity index (χ0v) is 17.0. The summed E-state index contributed by atoms with van der Waals surface area (Å²) in [5.74, 6) is 0.129. The van der Waals surface area contributed by atoms with Gasteiger partial charge in [-0.25, -0.2) is 9.97 Å². The number of nitrogens with two attached hydrogens (primary N) is 1. The van der Waals surface area contributed by atoms with Crippen molar-refractivity contribution in [2.45, 2.75) is 38.0 Å². The summed E-state index contributed by atoms with van der Waals surface area (Å²) in [6, 6.07) is 7.02. The second kappa shape index (κ2) is 7.18. The third kappa shape index (κ3) is 3.41. The third-order valence-electron chi connectivity index (χ3n) is 5.76. The fraction of sp³-hybridized carbons (Fsp3) is 0.273. The Hall–Kier alpha value is -3.69. The molecule has 1 saturated carbocycles. The highest BCUT2D eigenvalue weighted by molar-refractivity contribution is 5.98. The number of nitrogens with zero attached hydrogens (tertiary/aromatic N) is 5. The number of alkyl halides is 3. The Labute approximate surface area is 180 Å². The Bertz CT molecular complexity index is 1330. The smallest absolute Gasteiger partial charge is 0.382 e. The molecular formula is C22H19F3N6O.